The fourth-order valence-corrected chi connectivity index (χ4v) is 2.77. The predicted octanol–water partition coefficient (Wildman–Crippen LogP) is 1.71. The molecule has 0 saturated heterocycles. The molecule has 0 fully saturated rings. The zero-order chi connectivity index (χ0) is 13.0. The molecule has 0 bridgehead atoms. The predicted molar refractivity (Wildman–Crippen MR) is 80.1 cm³/mol. The van der Waals surface area contributed by atoms with Crippen molar-refractivity contribution < 1.29 is 5.11 Å². The average Bonchev–Trinajstić information content (AvgIpc) is 2.59. The molecule has 1 heterocycles. The Balaban J connectivity index is 3.12. The van der Waals surface area contributed by atoms with E-state index < -0.39 is 6.10 Å². The third kappa shape index (κ3) is 3.29. The van der Waals surface area contributed by atoms with E-state index in [0.29, 0.717) is 22.4 Å². The van der Waals surface area contributed by atoms with Crippen LogP contribution in [0.4, 0.5) is 0 Å². The highest BCUT2D eigenvalue weighted by Gasteiger charge is 2.22. The SMILES string of the molecule is CCN=C(Br)C(=CN)C(O)c1c(I)ncn1C. The van der Waals surface area contributed by atoms with Gasteiger partial charge in [0.1, 0.15) is 14.4 Å². The van der Waals surface area contributed by atoms with E-state index in [1.54, 1.807) is 10.9 Å². The zero-order valence-electron chi connectivity index (χ0n) is 9.56. The van der Waals surface area contributed by atoms with Gasteiger partial charge in [0, 0.05) is 25.4 Å². The summed E-state index contributed by atoms with van der Waals surface area (Å²) < 4.78 is 3.07. The van der Waals surface area contributed by atoms with Crippen molar-refractivity contribution in [2.24, 2.45) is 17.8 Å². The van der Waals surface area contributed by atoms with Gasteiger partial charge in [0.15, 0.2) is 0 Å². The number of hydrogen-bond donors (Lipinski definition) is 2. The molecule has 1 rings (SSSR count). The van der Waals surface area contributed by atoms with Gasteiger partial charge in [-0.25, -0.2) is 4.98 Å². The molecule has 17 heavy (non-hydrogen) atoms. The molecule has 5 nitrogen and oxygen atoms in total. The summed E-state index contributed by atoms with van der Waals surface area (Å²) in [7, 11) is 1.83. The van der Waals surface area contributed by atoms with Crippen LogP contribution in [0.1, 0.15) is 18.7 Å². The summed E-state index contributed by atoms with van der Waals surface area (Å²) in [6.07, 6.45) is 2.17. The van der Waals surface area contributed by atoms with Gasteiger partial charge < -0.3 is 15.4 Å². The maximum atomic E-state index is 10.3. The van der Waals surface area contributed by atoms with E-state index in [-0.39, 0.29) is 0 Å². The number of hydrogen-bond acceptors (Lipinski definition) is 4. The molecule has 0 aromatic carbocycles. The topological polar surface area (TPSA) is 76.4 Å². The molecule has 0 aliphatic heterocycles. The number of aliphatic imine (C=N–C) groups is 1. The van der Waals surface area contributed by atoms with Crippen LogP contribution in [0.5, 0.6) is 0 Å². The van der Waals surface area contributed by atoms with Crippen LogP contribution in [0.15, 0.2) is 23.1 Å². The average molecular weight is 413 g/mol. The van der Waals surface area contributed by atoms with Crippen molar-refractivity contribution >= 4 is 43.1 Å². The molecule has 0 radical (unpaired) electrons. The fourth-order valence-electron chi connectivity index (χ4n) is 1.37. The second-order valence-electron chi connectivity index (χ2n) is 3.32. The summed E-state index contributed by atoms with van der Waals surface area (Å²) in [5.74, 6) is 0. The van der Waals surface area contributed by atoms with E-state index in [9.17, 15) is 5.11 Å². The molecule has 0 aliphatic carbocycles. The minimum atomic E-state index is -0.843. The smallest absolute Gasteiger partial charge is 0.126 e. The summed E-state index contributed by atoms with van der Waals surface area (Å²) in [5.41, 5.74) is 6.78. The number of aromatic nitrogens is 2. The monoisotopic (exact) mass is 412 g/mol. The summed E-state index contributed by atoms with van der Waals surface area (Å²) in [6.45, 7) is 2.53. The van der Waals surface area contributed by atoms with Crippen molar-refractivity contribution in [1.82, 2.24) is 9.55 Å². The van der Waals surface area contributed by atoms with Crippen LogP contribution in [-0.2, 0) is 7.05 Å². The molecule has 1 atom stereocenters. The molecule has 1 aromatic rings. The molecule has 7 heteroatoms. The van der Waals surface area contributed by atoms with E-state index >= 15 is 0 Å². The largest absolute Gasteiger partial charge is 0.404 e. The molecule has 94 valence electrons. The number of nitrogens with zero attached hydrogens (tertiary/aromatic N) is 3. The first-order valence-corrected chi connectivity index (χ1v) is 6.87. The van der Waals surface area contributed by atoms with E-state index in [1.165, 1.54) is 6.20 Å². The van der Waals surface area contributed by atoms with E-state index in [0.717, 1.165) is 3.70 Å². The number of nitrogens with two attached hydrogens (primary N) is 1. The Morgan fingerprint density at radius 3 is 2.88 bits per heavy atom. The maximum absolute atomic E-state index is 10.3. The molecule has 0 aliphatic rings. The standard InChI is InChI=1S/C10H14BrIN4O/c1-3-14-9(11)6(4-13)8(17)7-10(12)15-5-16(7)2/h4-5,8,17H,3,13H2,1-2H3. The van der Waals surface area contributed by atoms with Gasteiger partial charge in [-0.15, -0.1) is 0 Å². The number of halogens is 2. The number of aryl methyl sites for hydroxylation is 1. The minimum Gasteiger partial charge on any atom is -0.404 e. The first kappa shape index (κ1) is 14.7. The molecular formula is C10H14BrIN4O. The van der Waals surface area contributed by atoms with Crippen LogP contribution < -0.4 is 5.73 Å². The van der Waals surface area contributed by atoms with Gasteiger partial charge in [-0.05, 0) is 45.4 Å². The van der Waals surface area contributed by atoms with Gasteiger partial charge in [0.2, 0.25) is 0 Å². The molecule has 3 N–H and O–H groups in total. The summed E-state index contributed by atoms with van der Waals surface area (Å²) in [6, 6.07) is 0. The van der Waals surface area contributed by atoms with Gasteiger partial charge in [0.25, 0.3) is 0 Å². The van der Waals surface area contributed by atoms with E-state index in [1.807, 2.05) is 14.0 Å². The van der Waals surface area contributed by atoms with Crippen molar-refractivity contribution in [3.63, 3.8) is 0 Å². The molecular weight excluding hydrogens is 399 g/mol. The van der Waals surface area contributed by atoms with Crippen LogP contribution in [0.2, 0.25) is 0 Å². The summed E-state index contributed by atoms with van der Waals surface area (Å²) in [5, 5.41) is 10.3. The van der Waals surface area contributed by atoms with Gasteiger partial charge in [-0.2, -0.15) is 0 Å². The van der Waals surface area contributed by atoms with Crippen LogP contribution in [0.3, 0.4) is 0 Å². The Kier molecular flexibility index (Phi) is 5.60. The first-order chi connectivity index (χ1) is 8.02. The Morgan fingerprint density at radius 1 is 1.82 bits per heavy atom. The lowest BCUT2D eigenvalue weighted by molar-refractivity contribution is 0.212. The second-order valence-corrected chi connectivity index (χ2v) is 5.09. The highest BCUT2D eigenvalue weighted by Crippen LogP contribution is 2.27. The van der Waals surface area contributed by atoms with Crippen molar-refractivity contribution in [3.05, 3.63) is 27.5 Å². The Hall–Kier alpha value is -0.410. The lowest BCUT2D eigenvalue weighted by atomic mass is 10.1. The lowest BCUT2D eigenvalue weighted by Crippen LogP contribution is -2.13. The van der Waals surface area contributed by atoms with Gasteiger partial charge >= 0.3 is 0 Å². The van der Waals surface area contributed by atoms with E-state index in [4.69, 9.17) is 5.73 Å². The zero-order valence-corrected chi connectivity index (χ0v) is 13.3. The normalized spacial score (nSPS) is 15.1. The molecule has 0 saturated carbocycles. The lowest BCUT2D eigenvalue weighted by Gasteiger charge is -2.14. The van der Waals surface area contributed by atoms with Gasteiger partial charge in [-0.3, -0.25) is 4.99 Å². The summed E-state index contributed by atoms with van der Waals surface area (Å²) in [4.78, 5) is 8.30. The molecule has 0 amide bonds. The number of rotatable bonds is 4. The highest BCUT2D eigenvalue weighted by atomic mass is 127. The second kappa shape index (κ2) is 6.50. The maximum Gasteiger partial charge on any atom is 0.126 e. The van der Waals surface area contributed by atoms with Crippen LogP contribution >= 0.6 is 38.5 Å². The number of aliphatic hydroxyl groups excluding tert-OH is 1. The van der Waals surface area contributed by atoms with Crippen molar-refractivity contribution in [3.8, 4) is 0 Å². The van der Waals surface area contributed by atoms with Gasteiger partial charge in [-0.1, -0.05) is 0 Å². The summed E-state index contributed by atoms with van der Waals surface area (Å²) >= 11 is 5.39. The molecule has 1 aromatic heterocycles. The highest BCUT2D eigenvalue weighted by molar-refractivity contribution is 14.1. The number of imidazole rings is 1. The van der Waals surface area contributed by atoms with Crippen molar-refractivity contribution in [2.45, 2.75) is 13.0 Å². The third-order valence-electron chi connectivity index (χ3n) is 2.20. The van der Waals surface area contributed by atoms with Crippen molar-refractivity contribution in [2.75, 3.05) is 6.54 Å². The Morgan fingerprint density at radius 2 is 2.47 bits per heavy atom. The Labute approximate surface area is 122 Å². The van der Waals surface area contributed by atoms with Crippen LogP contribution in [-0.4, -0.2) is 25.8 Å². The molecule has 1 unspecified atom stereocenters. The quantitative estimate of drug-likeness (QED) is 0.583. The van der Waals surface area contributed by atoms with Crippen LogP contribution in [0.25, 0.3) is 0 Å². The Bertz CT molecular complexity index is 436. The number of aliphatic hydroxyl groups is 1. The fraction of sp³-hybridized carbons (Fsp3) is 0.400. The molecule has 0 spiro atoms. The van der Waals surface area contributed by atoms with Gasteiger partial charge in [0.05, 0.1) is 12.0 Å². The third-order valence-corrected chi connectivity index (χ3v) is 3.74. The van der Waals surface area contributed by atoms with Crippen molar-refractivity contribution in [1.29, 1.82) is 0 Å². The van der Waals surface area contributed by atoms with Crippen LogP contribution in [0, 0.1) is 3.70 Å². The van der Waals surface area contributed by atoms with E-state index in [2.05, 4.69) is 48.5 Å². The first-order valence-electron chi connectivity index (χ1n) is 4.99. The minimum absolute atomic E-state index is 0.536.